The molecule has 0 bridgehead atoms. The number of anilines is 1. The standard InChI is InChI=1S/C19H21ClN6/c1-24-8-14-10-25(11-15(14)9-24)18-17-6-23-26(19(17)22-12-21-18)7-13-3-2-4-16(20)5-13/h2-6,12,14-15H,7-11H2,1H3/t14-,15+. The monoisotopic (exact) mass is 368 g/mol. The molecule has 0 unspecified atom stereocenters. The van der Waals surface area contributed by atoms with Crippen LogP contribution in [-0.4, -0.2) is 57.9 Å². The van der Waals surface area contributed by atoms with Gasteiger partial charge in [-0.25, -0.2) is 14.6 Å². The number of likely N-dealkylation sites (tertiary alicyclic amines) is 1. The molecule has 0 amide bonds. The van der Waals surface area contributed by atoms with E-state index in [1.165, 1.54) is 13.1 Å². The molecule has 7 heteroatoms. The van der Waals surface area contributed by atoms with E-state index in [-0.39, 0.29) is 0 Å². The molecule has 134 valence electrons. The van der Waals surface area contributed by atoms with Crippen molar-refractivity contribution in [3.8, 4) is 0 Å². The molecule has 0 saturated carbocycles. The van der Waals surface area contributed by atoms with Crippen molar-refractivity contribution in [1.82, 2.24) is 24.6 Å². The van der Waals surface area contributed by atoms with Gasteiger partial charge >= 0.3 is 0 Å². The minimum absolute atomic E-state index is 0.649. The Morgan fingerprint density at radius 2 is 1.92 bits per heavy atom. The van der Waals surface area contributed by atoms with E-state index in [1.54, 1.807) is 6.33 Å². The summed E-state index contributed by atoms with van der Waals surface area (Å²) in [7, 11) is 2.21. The summed E-state index contributed by atoms with van der Waals surface area (Å²) in [4.78, 5) is 13.9. The summed E-state index contributed by atoms with van der Waals surface area (Å²) >= 11 is 6.11. The maximum atomic E-state index is 6.11. The predicted molar refractivity (Wildman–Crippen MR) is 103 cm³/mol. The molecule has 0 N–H and O–H groups in total. The summed E-state index contributed by atoms with van der Waals surface area (Å²) in [5.74, 6) is 2.50. The Morgan fingerprint density at radius 3 is 2.69 bits per heavy atom. The van der Waals surface area contributed by atoms with Crippen molar-refractivity contribution in [2.24, 2.45) is 11.8 Å². The van der Waals surface area contributed by atoms with Gasteiger partial charge in [0.25, 0.3) is 0 Å². The maximum absolute atomic E-state index is 6.11. The van der Waals surface area contributed by atoms with Crippen LogP contribution in [0.1, 0.15) is 5.56 Å². The molecule has 0 radical (unpaired) electrons. The summed E-state index contributed by atoms with van der Waals surface area (Å²) in [6.07, 6.45) is 3.56. The predicted octanol–water partition coefficient (Wildman–Crippen LogP) is 2.53. The van der Waals surface area contributed by atoms with Crippen molar-refractivity contribution in [3.05, 3.63) is 47.4 Å². The second-order valence-corrected chi connectivity index (χ2v) is 7.95. The Morgan fingerprint density at radius 1 is 1.12 bits per heavy atom. The van der Waals surface area contributed by atoms with Gasteiger partial charge in [-0.05, 0) is 36.6 Å². The van der Waals surface area contributed by atoms with E-state index in [1.807, 2.05) is 29.1 Å². The number of hydrogen-bond acceptors (Lipinski definition) is 5. The number of fused-ring (bicyclic) bond motifs is 2. The van der Waals surface area contributed by atoms with Crippen LogP contribution in [-0.2, 0) is 6.54 Å². The summed E-state index contributed by atoms with van der Waals surface area (Å²) in [6, 6.07) is 7.87. The van der Waals surface area contributed by atoms with E-state index in [4.69, 9.17) is 11.6 Å². The number of aromatic nitrogens is 4. The summed E-state index contributed by atoms with van der Waals surface area (Å²) in [6.45, 7) is 5.16. The van der Waals surface area contributed by atoms with Gasteiger partial charge in [-0.15, -0.1) is 0 Å². The highest BCUT2D eigenvalue weighted by molar-refractivity contribution is 6.30. The van der Waals surface area contributed by atoms with Crippen molar-refractivity contribution in [2.45, 2.75) is 6.54 Å². The number of hydrogen-bond donors (Lipinski definition) is 0. The number of rotatable bonds is 3. The molecule has 2 aliphatic heterocycles. The second kappa shape index (κ2) is 6.21. The van der Waals surface area contributed by atoms with E-state index < -0.39 is 0 Å². The first-order chi connectivity index (χ1) is 12.7. The van der Waals surface area contributed by atoms with Crippen LogP contribution in [0.15, 0.2) is 36.8 Å². The molecule has 1 aromatic carbocycles. The summed E-state index contributed by atoms with van der Waals surface area (Å²) in [5, 5.41) is 6.34. The van der Waals surface area contributed by atoms with Gasteiger partial charge in [-0.1, -0.05) is 23.7 Å². The van der Waals surface area contributed by atoms with Gasteiger partial charge in [0.2, 0.25) is 0 Å². The Bertz CT molecular complexity index is 940. The van der Waals surface area contributed by atoms with Gasteiger partial charge in [0.1, 0.15) is 12.1 Å². The number of halogens is 1. The van der Waals surface area contributed by atoms with Gasteiger partial charge in [0.15, 0.2) is 5.65 Å². The summed E-state index contributed by atoms with van der Waals surface area (Å²) < 4.78 is 1.93. The van der Waals surface area contributed by atoms with Crippen LogP contribution in [0.3, 0.4) is 0 Å². The average molecular weight is 369 g/mol. The first-order valence-corrected chi connectivity index (χ1v) is 9.39. The molecule has 2 aromatic heterocycles. The van der Waals surface area contributed by atoms with Crippen molar-refractivity contribution >= 4 is 28.5 Å². The molecule has 3 aromatic rings. The molecule has 5 rings (SSSR count). The highest BCUT2D eigenvalue weighted by atomic mass is 35.5. The Hall–Kier alpha value is -2.18. The average Bonchev–Trinajstić information content (AvgIpc) is 3.28. The van der Waals surface area contributed by atoms with Gasteiger partial charge in [-0.3, -0.25) is 0 Å². The third-order valence-corrected chi connectivity index (χ3v) is 5.84. The quantitative estimate of drug-likeness (QED) is 0.711. The van der Waals surface area contributed by atoms with E-state index >= 15 is 0 Å². The number of benzene rings is 1. The van der Waals surface area contributed by atoms with Crippen LogP contribution in [0.5, 0.6) is 0 Å². The zero-order chi connectivity index (χ0) is 17.7. The molecule has 6 nitrogen and oxygen atoms in total. The highest BCUT2D eigenvalue weighted by Crippen LogP contribution is 2.34. The smallest absolute Gasteiger partial charge is 0.163 e. The topological polar surface area (TPSA) is 50.1 Å². The molecule has 2 saturated heterocycles. The van der Waals surface area contributed by atoms with Crippen LogP contribution in [0.4, 0.5) is 5.82 Å². The van der Waals surface area contributed by atoms with Crippen molar-refractivity contribution < 1.29 is 0 Å². The van der Waals surface area contributed by atoms with E-state index in [0.717, 1.165) is 52.4 Å². The Kier molecular flexibility index (Phi) is 3.83. The fourth-order valence-electron chi connectivity index (χ4n) is 4.46. The van der Waals surface area contributed by atoms with Crippen LogP contribution < -0.4 is 4.90 Å². The van der Waals surface area contributed by atoms with Gasteiger partial charge in [-0.2, -0.15) is 5.10 Å². The minimum Gasteiger partial charge on any atom is -0.355 e. The molecule has 4 heterocycles. The van der Waals surface area contributed by atoms with Gasteiger partial charge in [0, 0.05) is 31.2 Å². The number of nitrogens with zero attached hydrogens (tertiary/aromatic N) is 6. The Balaban J connectivity index is 1.45. The molecule has 26 heavy (non-hydrogen) atoms. The lowest BCUT2D eigenvalue weighted by molar-refractivity contribution is 0.387. The van der Waals surface area contributed by atoms with Crippen LogP contribution in [0.25, 0.3) is 11.0 Å². The molecule has 2 atom stereocenters. The molecule has 2 fully saturated rings. The molecule has 0 aliphatic carbocycles. The third-order valence-electron chi connectivity index (χ3n) is 5.60. The lowest BCUT2D eigenvalue weighted by Crippen LogP contribution is -2.27. The molecular weight excluding hydrogens is 348 g/mol. The van der Waals surface area contributed by atoms with Crippen molar-refractivity contribution in [2.75, 3.05) is 38.1 Å². The summed E-state index contributed by atoms with van der Waals surface area (Å²) in [5.41, 5.74) is 1.99. The lowest BCUT2D eigenvalue weighted by atomic mass is 10.0. The molecular formula is C19H21ClN6. The Labute approximate surface area is 157 Å². The van der Waals surface area contributed by atoms with Crippen molar-refractivity contribution in [3.63, 3.8) is 0 Å². The maximum Gasteiger partial charge on any atom is 0.163 e. The minimum atomic E-state index is 0.649. The van der Waals surface area contributed by atoms with Crippen LogP contribution >= 0.6 is 11.6 Å². The lowest BCUT2D eigenvalue weighted by Gasteiger charge is -2.20. The van der Waals surface area contributed by atoms with Crippen LogP contribution in [0.2, 0.25) is 5.02 Å². The highest BCUT2D eigenvalue weighted by Gasteiger charge is 2.39. The van der Waals surface area contributed by atoms with Crippen LogP contribution in [0, 0.1) is 11.8 Å². The zero-order valence-electron chi connectivity index (χ0n) is 14.7. The van der Waals surface area contributed by atoms with Gasteiger partial charge < -0.3 is 9.80 Å². The first-order valence-electron chi connectivity index (χ1n) is 9.02. The normalized spacial score (nSPS) is 23.1. The fraction of sp³-hybridized carbons (Fsp3) is 0.421. The van der Waals surface area contributed by atoms with Crippen molar-refractivity contribution in [1.29, 1.82) is 0 Å². The zero-order valence-corrected chi connectivity index (χ0v) is 15.5. The first kappa shape index (κ1) is 16.0. The second-order valence-electron chi connectivity index (χ2n) is 7.51. The van der Waals surface area contributed by atoms with E-state index in [9.17, 15) is 0 Å². The molecule has 2 aliphatic rings. The molecule has 0 spiro atoms. The van der Waals surface area contributed by atoms with E-state index in [2.05, 4.69) is 38.0 Å². The SMILES string of the molecule is CN1C[C@@H]2CN(c3ncnc4c3cnn4Cc3cccc(Cl)c3)C[C@@H]2C1. The third kappa shape index (κ3) is 2.73. The largest absolute Gasteiger partial charge is 0.355 e. The fourth-order valence-corrected chi connectivity index (χ4v) is 4.67. The van der Waals surface area contributed by atoms with Gasteiger partial charge in [0.05, 0.1) is 18.1 Å². The van der Waals surface area contributed by atoms with E-state index in [0.29, 0.717) is 6.54 Å².